The van der Waals surface area contributed by atoms with Gasteiger partial charge in [-0.2, -0.15) is 0 Å². The molecule has 1 aromatic heterocycles. The number of aliphatic hydroxyl groups excluding tert-OH is 1. The molecule has 5 heteroatoms. The zero-order valence-electron chi connectivity index (χ0n) is 12.5. The molecular formula is C16H20ClN3O. The lowest BCUT2D eigenvalue weighted by Crippen LogP contribution is -2.16. The molecule has 112 valence electrons. The summed E-state index contributed by atoms with van der Waals surface area (Å²) in [5.74, 6) is 1.78. The van der Waals surface area contributed by atoms with Gasteiger partial charge in [0, 0.05) is 22.7 Å². The molecule has 0 amide bonds. The van der Waals surface area contributed by atoms with Gasteiger partial charge in [-0.1, -0.05) is 37.6 Å². The number of nitrogens with zero attached hydrogens (tertiary/aromatic N) is 2. The maximum absolute atomic E-state index is 9.62. The van der Waals surface area contributed by atoms with Crippen LogP contribution in [0.2, 0.25) is 5.02 Å². The van der Waals surface area contributed by atoms with E-state index in [1.807, 2.05) is 37.3 Å². The van der Waals surface area contributed by atoms with Crippen LogP contribution in [0.1, 0.15) is 42.9 Å². The first-order valence-electron chi connectivity index (χ1n) is 6.98. The number of benzene rings is 1. The van der Waals surface area contributed by atoms with Crippen LogP contribution in [0.4, 0.5) is 5.82 Å². The van der Waals surface area contributed by atoms with Crippen LogP contribution in [0.5, 0.6) is 0 Å². The smallest absolute Gasteiger partial charge is 0.133 e. The number of anilines is 1. The molecule has 0 bridgehead atoms. The third-order valence-corrected chi connectivity index (χ3v) is 3.42. The Bertz CT molecular complexity index is 599. The van der Waals surface area contributed by atoms with E-state index in [4.69, 9.17) is 11.6 Å². The van der Waals surface area contributed by atoms with Gasteiger partial charge in [-0.3, -0.25) is 0 Å². The van der Waals surface area contributed by atoms with Crippen LogP contribution < -0.4 is 5.32 Å². The van der Waals surface area contributed by atoms with Crippen molar-refractivity contribution in [3.05, 3.63) is 52.4 Å². The van der Waals surface area contributed by atoms with E-state index in [1.54, 1.807) is 0 Å². The van der Waals surface area contributed by atoms with Crippen molar-refractivity contribution in [3.8, 4) is 0 Å². The second kappa shape index (κ2) is 6.87. The van der Waals surface area contributed by atoms with E-state index in [2.05, 4.69) is 29.1 Å². The van der Waals surface area contributed by atoms with E-state index < -0.39 is 0 Å². The molecule has 0 aliphatic carbocycles. The Kier molecular flexibility index (Phi) is 5.15. The first kappa shape index (κ1) is 15.7. The van der Waals surface area contributed by atoms with Crippen LogP contribution >= 0.6 is 11.6 Å². The number of hydrogen-bond acceptors (Lipinski definition) is 4. The SMILES string of the molecule is Cc1cc(NC(CO)c2ccc(Cl)cc2)nc(C(C)C)n1. The van der Waals surface area contributed by atoms with E-state index in [0.717, 1.165) is 22.9 Å². The average molecular weight is 306 g/mol. The van der Waals surface area contributed by atoms with Crippen molar-refractivity contribution in [1.82, 2.24) is 9.97 Å². The minimum Gasteiger partial charge on any atom is -0.394 e. The van der Waals surface area contributed by atoms with Crippen molar-refractivity contribution in [2.75, 3.05) is 11.9 Å². The van der Waals surface area contributed by atoms with E-state index in [0.29, 0.717) is 5.02 Å². The Labute approximate surface area is 130 Å². The maximum atomic E-state index is 9.62. The van der Waals surface area contributed by atoms with Crippen molar-refractivity contribution >= 4 is 17.4 Å². The summed E-state index contributed by atoms with van der Waals surface area (Å²) in [7, 11) is 0. The topological polar surface area (TPSA) is 58.0 Å². The van der Waals surface area contributed by atoms with Crippen LogP contribution in [0.25, 0.3) is 0 Å². The largest absolute Gasteiger partial charge is 0.394 e. The standard InChI is InChI=1S/C16H20ClN3O/c1-10(2)16-18-11(3)8-15(20-16)19-14(9-21)12-4-6-13(17)7-5-12/h4-8,10,14,21H,9H2,1-3H3,(H,18,19,20). The summed E-state index contributed by atoms with van der Waals surface area (Å²) >= 11 is 5.89. The Hall–Kier alpha value is -1.65. The molecule has 4 nitrogen and oxygen atoms in total. The number of aliphatic hydroxyl groups is 1. The fraction of sp³-hybridized carbons (Fsp3) is 0.375. The number of aryl methyl sites for hydroxylation is 1. The van der Waals surface area contributed by atoms with E-state index in [-0.39, 0.29) is 18.6 Å². The molecule has 0 aliphatic heterocycles. The van der Waals surface area contributed by atoms with Crippen LogP contribution in [-0.4, -0.2) is 21.7 Å². The third kappa shape index (κ3) is 4.16. The first-order chi connectivity index (χ1) is 9.99. The Morgan fingerprint density at radius 1 is 1.19 bits per heavy atom. The summed E-state index contributed by atoms with van der Waals surface area (Å²) < 4.78 is 0. The van der Waals surface area contributed by atoms with Crippen molar-refractivity contribution in [2.45, 2.75) is 32.7 Å². The Morgan fingerprint density at radius 2 is 1.86 bits per heavy atom. The van der Waals surface area contributed by atoms with Crippen molar-refractivity contribution in [1.29, 1.82) is 0 Å². The molecule has 0 spiro atoms. The molecule has 0 aliphatic rings. The molecule has 0 fully saturated rings. The number of rotatable bonds is 5. The quantitative estimate of drug-likeness (QED) is 0.884. The summed E-state index contributed by atoms with van der Waals surface area (Å²) in [5, 5.41) is 13.6. The number of aromatic nitrogens is 2. The van der Waals surface area contributed by atoms with Crippen LogP contribution in [0.15, 0.2) is 30.3 Å². The fourth-order valence-corrected chi connectivity index (χ4v) is 2.16. The molecule has 0 radical (unpaired) electrons. The van der Waals surface area contributed by atoms with Crippen molar-refractivity contribution < 1.29 is 5.11 Å². The molecule has 2 rings (SSSR count). The van der Waals surface area contributed by atoms with Gasteiger partial charge >= 0.3 is 0 Å². The number of nitrogens with one attached hydrogen (secondary N) is 1. The summed E-state index contributed by atoms with van der Waals surface area (Å²) in [6.45, 7) is 6.03. The highest BCUT2D eigenvalue weighted by Crippen LogP contribution is 2.21. The molecule has 1 aromatic carbocycles. The highest BCUT2D eigenvalue weighted by molar-refractivity contribution is 6.30. The van der Waals surface area contributed by atoms with Gasteiger partial charge in [-0.15, -0.1) is 0 Å². The van der Waals surface area contributed by atoms with Gasteiger partial charge in [0.2, 0.25) is 0 Å². The van der Waals surface area contributed by atoms with E-state index in [9.17, 15) is 5.11 Å². The lowest BCUT2D eigenvalue weighted by atomic mass is 10.1. The molecular weight excluding hydrogens is 286 g/mol. The van der Waals surface area contributed by atoms with Gasteiger partial charge in [-0.25, -0.2) is 9.97 Å². The van der Waals surface area contributed by atoms with E-state index >= 15 is 0 Å². The lowest BCUT2D eigenvalue weighted by molar-refractivity contribution is 0.276. The molecule has 1 unspecified atom stereocenters. The predicted molar refractivity (Wildman–Crippen MR) is 85.8 cm³/mol. The maximum Gasteiger partial charge on any atom is 0.133 e. The second-order valence-electron chi connectivity index (χ2n) is 5.34. The van der Waals surface area contributed by atoms with Crippen molar-refractivity contribution in [3.63, 3.8) is 0 Å². The first-order valence-corrected chi connectivity index (χ1v) is 7.36. The molecule has 0 saturated heterocycles. The van der Waals surface area contributed by atoms with Gasteiger partial charge in [0.25, 0.3) is 0 Å². The highest BCUT2D eigenvalue weighted by Gasteiger charge is 2.13. The Balaban J connectivity index is 2.24. The molecule has 21 heavy (non-hydrogen) atoms. The minimum atomic E-state index is -0.225. The van der Waals surface area contributed by atoms with Crippen LogP contribution in [0, 0.1) is 6.92 Å². The molecule has 1 heterocycles. The van der Waals surface area contributed by atoms with Crippen molar-refractivity contribution in [2.24, 2.45) is 0 Å². The third-order valence-electron chi connectivity index (χ3n) is 3.16. The minimum absolute atomic E-state index is 0.0261. The van der Waals surface area contributed by atoms with Gasteiger partial charge in [-0.05, 0) is 24.6 Å². The molecule has 0 saturated carbocycles. The fourth-order valence-electron chi connectivity index (χ4n) is 2.03. The van der Waals surface area contributed by atoms with Gasteiger partial charge in [0.15, 0.2) is 0 Å². The van der Waals surface area contributed by atoms with Gasteiger partial charge in [0.1, 0.15) is 11.6 Å². The van der Waals surface area contributed by atoms with Crippen LogP contribution in [0.3, 0.4) is 0 Å². The normalized spacial score (nSPS) is 12.5. The number of halogens is 1. The molecule has 1 atom stereocenters. The monoisotopic (exact) mass is 305 g/mol. The summed E-state index contributed by atoms with van der Waals surface area (Å²) in [6.07, 6.45) is 0. The van der Waals surface area contributed by atoms with Gasteiger partial charge < -0.3 is 10.4 Å². The second-order valence-corrected chi connectivity index (χ2v) is 5.77. The van der Waals surface area contributed by atoms with Gasteiger partial charge in [0.05, 0.1) is 12.6 Å². The highest BCUT2D eigenvalue weighted by atomic mass is 35.5. The van der Waals surface area contributed by atoms with E-state index in [1.165, 1.54) is 0 Å². The zero-order chi connectivity index (χ0) is 15.4. The Morgan fingerprint density at radius 3 is 2.43 bits per heavy atom. The molecule has 2 aromatic rings. The summed E-state index contributed by atoms with van der Waals surface area (Å²) in [6, 6.07) is 9.07. The summed E-state index contributed by atoms with van der Waals surface area (Å²) in [5.41, 5.74) is 1.87. The average Bonchev–Trinajstić information content (AvgIpc) is 2.45. The number of hydrogen-bond donors (Lipinski definition) is 2. The predicted octanol–water partition coefficient (Wildman–Crippen LogP) is 3.71. The molecule has 2 N–H and O–H groups in total. The lowest BCUT2D eigenvalue weighted by Gasteiger charge is -2.18. The van der Waals surface area contributed by atoms with Crippen LogP contribution in [-0.2, 0) is 0 Å². The summed E-state index contributed by atoms with van der Waals surface area (Å²) in [4.78, 5) is 8.92. The zero-order valence-corrected chi connectivity index (χ0v) is 13.2.